The second kappa shape index (κ2) is 6.34. The molecule has 2 aliphatic heterocycles. The minimum Gasteiger partial charge on any atom is -0.339 e. The van der Waals surface area contributed by atoms with Gasteiger partial charge >= 0.3 is 0 Å². The summed E-state index contributed by atoms with van der Waals surface area (Å²) in [6.45, 7) is 4.87. The Morgan fingerprint density at radius 2 is 1.79 bits per heavy atom. The molecule has 6 heteroatoms. The fourth-order valence-corrected chi connectivity index (χ4v) is 2.67. The van der Waals surface area contributed by atoms with Crippen molar-refractivity contribution >= 4 is 11.8 Å². The second-order valence-electron chi connectivity index (χ2n) is 5.63. The van der Waals surface area contributed by atoms with Gasteiger partial charge in [0.05, 0.1) is 12.5 Å². The van der Waals surface area contributed by atoms with Gasteiger partial charge in [0, 0.05) is 32.7 Å². The lowest BCUT2D eigenvalue weighted by molar-refractivity contribution is -0.142. The third-order valence-electron chi connectivity index (χ3n) is 3.81. The first-order chi connectivity index (χ1) is 9.08. The van der Waals surface area contributed by atoms with Crippen LogP contribution in [0, 0.1) is 5.92 Å². The highest BCUT2D eigenvalue weighted by atomic mass is 16.2. The molecule has 108 valence electrons. The van der Waals surface area contributed by atoms with Crippen LogP contribution in [0.2, 0.25) is 0 Å². The van der Waals surface area contributed by atoms with E-state index >= 15 is 0 Å². The van der Waals surface area contributed by atoms with Crippen LogP contribution in [0.3, 0.4) is 0 Å². The van der Waals surface area contributed by atoms with Gasteiger partial charge in [0.15, 0.2) is 0 Å². The third-order valence-corrected chi connectivity index (χ3v) is 3.81. The number of hydrogen-bond donors (Lipinski definition) is 1. The molecule has 6 nitrogen and oxygen atoms in total. The fraction of sp³-hybridized carbons (Fsp3) is 0.846. The Labute approximate surface area is 114 Å². The highest BCUT2D eigenvalue weighted by molar-refractivity contribution is 5.81. The lowest BCUT2D eigenvalue weighted by Crippen LogP contribution is -2.53. The smallest absolute Gasteiger partial charge is 0.236 e. The monoisotopic (exact) mass is 268 g/mol. The van der Waals surface area contributed by atoms with Gasteiger partial charge in [0.1, 0.15) is 0 Å². The van der Waals surface area contributed by atoms with Crippen LogP contribution in [0.15, 0.2) is 0 Å². The summed E-state index contributed by atoms with van der Waals surface area (Å²) in [6.07, 6.45) is 0.943. The number of nitrogens with one attached hydrogen (secondary N) is 1. The summed E-state index contributed by atoms with van der Waals surface area (Å²) in [5, 5.41) is 3.22. The van der Waals surface area contributed by atoms with Crippen LogP contribution in [-0.4, -0.2) is 86.4 Å². The molecule has 1 N–H and O–H groups in total. The standard InChI is InChI=1S/C13H24N4O2/c1-15(2)10-12(18)16-5-7-17(8-6-16)13(19)11-3-4-14-9-11/h11,14H,3-10H2,1-2H3. The Morgan fingerprint density at radius 3 is 2.32 bits per heavy atom. The van der Waals surface area contributed by atoms with E-state index in [-0.39, 0.29) is 17.7 Å². The minimum atomic E-state index is 0.143. The van der Waals surface area contributed by atoms with Crippen molar-refractivity contribution in [1.29, 1.82) is 0 Å². The van der Waals surface area contributed by atoms with Crippen LogP contribution in [0.1, 0.15) is 6.42 Å². The summed E-state index contributed by atoms with van der Waals surface area (Å²) in [6, 6.07) is 0. The Hall–Kier alpha value is -1.14. The maximum atomic E-state index is 12.2. The number of amides is 2. The predicted molar refractivity (Wildman–Crippen MR) is 72.7 cm³/mol. The van der Waals surface area contributed by atoms with Gasteiger partial charge in [-0.1, -0.05) is 0 Å². The number of likely N-dealkylation sites (N-methyl/N-ethyl adjacent to an activating group) is 1. The number of rotatable bonds is 3. The second-order valence-corrected chi connectivity index (χ2v) is 5.63. The van der Waals surface area contributed by atoms with Gasteiger partial charge in [-0.2, -0.15) is 0 Å². The molecule has 0 spiro atoms. The van der Waals surface area contributed by atoms with Crippen LogP contribution in [0.4, 0.5) is 0 Å². The topological polar surface area (TPSA) is 55.9 Å². The van der Waals surface area contributed by atoms with E-state index in [1.165, 1.54) is 0 Å². The Bertz CT molecular complexity index is 332. The molecule has 2 rings (SSSR count). The lowest BCUT2D eigenvalue weighted by atomic mass is 10.1. The summed E-state index contributed by atoms with van der Waals surface area (Å²) < 4.78 is 0. The minimum absolute atomic E-state index is 0.143. The van der Waals surface area contributed by atoms with Crippen molar-refractivity contribution < 1.29 is 9.59 Å². The summed E-state index contributed by atoms with van der Waals surface area (Å²) >= 11 is 0. The number of carbonyl (C=O) groups is 2. The largest absolute Gasteiger partial charge is 0.339 e. The highest BCUT2D eigenvalue weighted by Crippen LogP contribution is 2.13. The normalized spacial score (nSPS) is 24.1. The lowest BCUT2D eigenvalue weighted by Gasteiger charge is -2.36. The van der Waals surface area contributed by atoms with Crippen LogP contribution in [-0.2, 0) is 9.59 Å². The molecule has 0 aromatic carbocycles. The molecule has 2 saturated heterocycles. The van der Waals surface area contributed by atoms with Gasteiger partial charge in [-0.3, -0.25) is 9.59 Å². The van der Waals surface area contributed by atoms with Crippen molar-refractivity contribution in [2.45, 2.75) is 6.42 Å². The van der Waals surface area contributed by atoms with E-state index in [4.69, 9.17) is 0 Å². The average molecular weight is 268 g/mol. The van der Waals surface area contributed by atoms with E-state index in [2.05, 4.69) is 5.32 Å². The molecule has 0 aromatic heterocycles. The number of hydrogen-bond acceptors (Lipinski definition) is 4. The van der Waals surface area contributed by atoms with Crippen LogP contribution in [0.5, 0.6) is 0 Å². The Morgan fingerprint density at radius 1 is 1.16 bits per heavy atom. The van der Waals surface area contributed by atoms with Crippen molar-refractivity contribution in [3.05, 3.63) is 0 Å². The highest BCUT2D eigenvalue weighted by Gasteiger charge is 2.30. The van der Waals surface area contributed by atoms with E-state index in [9.17, 15) is 9.59 Å². The molecule has 0 saturated carbocycles. The molecule has 19 heavy (non-hydrogen) atoms. The van der Waals surface area contributed by atoms with Crippen molar-refractivity contribution in [1.82, 2.24) is 20.0 Å². The fourth-order valence-electron chi connectivity index (χ4n) is 2.67. The van der Waals surface area contributed by atoms with E-state index in [0.717, 1.165) is 19.5 Å². The zero-order valence-corrected chi connectivity index (χ0v) is 11.9. The van der Waals surface area contributed by atoms with Gasteiger partial charge in [-0.15, -0.1) is 0 Å². The molecule has 2 heterocycles. The van der Waals surface area contributed by atoms with Crippen molar-refractivity contribution in [2.24, 2.45) is 5.92 Å². The van der Waals surface area contributed by atoms with Crippen molar-refractivity contribution in [3.8, 4) is 0 Å². The quantitative estimate of drug-likeness (QED) is 0.701. The molecular formula is C13H24N4O2. The molecule has 0 aromatic rings. The molecule has 1 unspecified atom stereocenters. The van der Waals surface area contributed by atoms with Gasteiger partial charge in [0.2, 0.25) is 11.8 Å². The van der Waals surface area contributed by atoms with Crippen LogP contribution < -0.4 is 5.32 Å². The zero-order chi connectivity index (χ0) is 13.8. The van der Waals surface area contributed by atoms with Crippen LogP contribution in [0.25, 0.3) is 0 Å². The first kappa shape index (κ1) is 14.3. The molecule has 2 aliphatic rings. The molecule has 0 aliphatic carbocycles. The first-order valence-corrected chi connectivity index (χ1v) is 7.00. The molecule has 1 atom stereocenters. The van der Waals surface area contributed by atoms with Crippen molar-refractivity contribution in [3.63, 3.8) is 0 Å². The molecule has 0 radical (unpaired) electrons. The van der Waals surface area contributed by atoms with Crippen LogP contribution >= 0.6 is 0 Å². The number of nitrogens with zero attached hydrogens (tertiary/aromatic N) is 3. The summed E-state index contributed by atoms with van der Waals surface area (Å²) in [5.74, 6) is 0.549. The maximum Gasteiger partial charge on any atom is 0.236 e. The molecule has 2 amide bonds. The third kappa shape index (κ3) is 3.67. The predicted octanol–water partition coefficient (Wildman–Crippen LogP) is -1.17. The van der Waals surface area contributed by atoms with Gasteiger partial charge in [-0.05, 0) is 27.1 Å². The average Bonchev–Trinajstić information content (AvgIpc) is 2.91. The molecular weight excluding hydrogens is 244 g/mol. The number of piperazine rings is 1. The van der Waals surface area contributed by atoms with E-state index < -0.39 is 0 Å². The SMILES string of the molecule is CN(C)CC(=O)N1CCN(C(=O)C2CCNC2)CC1. The Kier molecular flexibility index (Phi) is 4.76. The van der Waals surface area contributed by atoms with E-state index in [1.807, 2.05) is 28.8 Å². The number of carbonyl (C=O) groups excluding carboxylic acids is 2. The molecule has 0 bridgehead atoms. The van der Waals surface area contributed by atoms with Gasteiger partial charge < -0.3 is 20.0 Å². The summed E-state index contributed by atoms with van der Waals surface area (Å²) in [5.41, 5.74) is 0. The summed E-state index contributed by atoms with van der Waals surface area (Å²) in [4.78, 5) is 29.8. The zero-order valence-electron chi connectivity index (χ0n) is 11.9. The summed E-state index contributed by atoms with van der Waals surface area (Å²) in [7, 11) is 3.79. The van der Waals surface area contributed by atoms with E-state index in [1.54, 1.807) is 0 Å². The first-order valence-electron chi connectivity index (χ1n) is 7.00. The molecule has 2 fully saturated rings. The van der Waals surface area contributed by atoms with Crippen molar-refractivity contribution in [2.75, 3.05) is 59.9 Å². The van der Waals surface area contributed by atoms with E-state index in [0.29, 0.717) is 32.7 Å². The maximum absolute atomic E-state index is 12.2. The van der Waals surface area contributed by atoms with Gasteiger partial charge in [-0.25, -0.2) is 0 Å². The Balaban J connectivity index is 1.78. The van der Waals surface area contributed by atoms with Gasteiger partial charge in [0.25, 0.3) is 0 Å².